The molecular weight excluding hydrogens is 275 g/mol. The van der Waals surface area contributed by atoms with E-state index >= 15 is 0 Å². The summed E-state index contributed by atoms with van der Waals surface area (Å²) < 4.78 is 13.7. The zero-order valence-electron chi connectivity index (χ0n) is 10.9. The van der Waals surface area contributed by atoms with Crippen LogP contribution in [0, 0.1) is 5.82 Å². The van der Waals surface area contributed by atoms with Crippen molar-refractivity contribution in [1.82, 2.24) is 10.3 Å². The van der Waals surface area contributed by atoms with Crippen molar-refractivity contribution in [3.8, 4) is 10.6 Å². The Labute approximate surface area is 120 Å². The molecule has 1 heterocycles. The largest absolute Gasteiger partial charge is 0.353 e. The summed E-state index contributed by atoms with van der Waals surface area (Å²) >= 11 is 1.41. The fourth-order valence-corrected chi connectivity index (χ4v) is 2.83. The number of nitrogens with zero attached hydrogens (tertiary/aromatic N) is 1. The number of amides is 1. The van der Waals surface area contributed by atoms with Crippen LogP contribution in [0.1, 0.15) is 25.0 Å². The molecule has 1 amide bonds. The smallest absolute Gasteiger partial charge is 0.220 e. The Hall–Kier alpha value is -1.75. The molecule has 20 heavy (non-hydrogen) atoms. The van der Waals surface area contributed by atoms with Gasteiger partial charge in [-0.2, -0.15) is 0 Å². The quantitative estimate of drug-likeness (QED) is 0.919. The van der Waals surface area contributed by atoms with Gasteiger partial charge in [-0.3, -0.25) is 4.79 Å². The van der Waals surface area contributed by atoms with Gasteiger partial charge in [-0.25, -0.2) is 9.37 Å². The second-order valence-corrected chi connectivity index (χ2v) is 5.82. The molecule has 1 aliphatic rings. The molecule has 1 aliphatic carbocycles. The fraction of sp³-hybridized carbons (Fsp3) is 0.333. The molecule has 0 saturated heterocycles. The molecule has 3 rings (SSSR count). The van der Waals surface area contributed by atoms with Crippen LogP contribution in [0.4, 0.5) is 4.39 Å². The van der Waals surface area contributed by atoms with Crippen molar-refractivity contribution in [2.24, 2.45) is 0 Å². The van der Waals surface area contributed by atoms with Gasteiger partial charge >= 0.3 is 0 Å². The molecule has 104 valence electrons. The second kappa shape index (κ2) is 5.71. The number of aryl methyl sites for hydroxylation is 1. The van der Waals surface area contributed by atoms with Crippen LogP contribution in [0.2, 0.25) is 0 Å². The number of halogens is 1. The maximum absolute atomic E-state index is 13.7. The van der Waals surface area contributed by atoms with Crippen LogP contribution in [-0.2, 0) is 11.2 Å². The molecule has 0 bridgehead atoms. The monoisotopic (exact) mass is 290 g/mol. The van der Waals surface area contributed by atoms with Gasteiger partial charge in [0.05, 0.1) is 5.69 Å². The van der Waals surface area contributed by atoms with Gasteiger partial charge in [0.1, 0.15) is 10.8 Å². The van der Waals surface area contributed by atoms with E-state index in [1.165, 1.54) is 17.4 Å². The average molecular weight is 290 g/mol. The van der Waals surface area contributed by atoms with Gasteiger partial charge in [-0.1, -0.05) is 12.1 Å². The van der Waals surface area contributed by atoms with E-state index in [2.05, 4.69) is 10.3 Å². The van der Waals surface area contributed by atoms with Crippen molar-refractivity contribution in [2.75, 3.05) is 0 Å². The Bertz CT molecular complexity index is 622. The summed E-state index contributed by atoms with van der Waals surface area (Å²) in [5, 5.41) is 5.51. The molecule has 5 heteroatoms. The third-order valence-corrected chi connectivity index (χ3v) is 4.13. The van der Waals surface area contributed by atoms with Gasteiger partial charge in [0.2, 0.25) is 5.91 Å². The number of hydrogen-bond donors (Lipinski definition) is 1. The van der Waals surface area contributed by atoms with E-state index in [0.717, 1.165) is 18.5 Å². The minimum Gasteiger partial charge on any atom is -0.353 e. The van der Waals surface area contributed by atoms with Crippen molar-refractivity contribution < 1.29 is 9.18 Å². The van der Waals surface area contributed by atoms with E-state index in [9.17, 15) is 9.18 Å². The molecule has 0 atom stereocenters. The van der Waals surface area contributed by atoms with Crippen LogP contribution in [0.15, 0.2) is 29.6 Å². The Morgan fingerprint density at radius 2 is 2.20 bits per heavy atom. The van der Waals surface area contributed by atoms with Crippen LogP contribution in [0.3, 0.4) is 0 Å². The minimum absolute atomic E-state index is 0.0768. The van der Waals surface area contributed by atoms with E-state index in [0.29, 0.717) is 29.5 Å². The predicted octanol–water partition coefficient (Wildman–Crippen LogP) is 3.16. The van der Waals surface area contributed by atoms with Crippen LogP contribution in [0.25, 0.3) is 10.6 Å². The molecule has 1 fully saturated rings. The number of thiazole rings is 1. The molecule has 1 aromatic heterocycles. The van der Waals surface area contributed by atoms with E-state index < -0.39 is 0 Å². The Balaban J connectivity index is 1.61. The van der Waals surface area contributed by atoms with Crippen molar-refractivity contribution >= 4 is 17.2 Å². The highest BCUT2D eigenvalue weighted by molar-refractivity contribution is 7.13. The van der Waals surface area contributed by atoms with Gasteiger partial charge in [-0.05, 0) is 31.4 Å². The lowest BCUT2D eigenvalue weighted by molar-refractivity contribution is -0.121. The summed E-state index contributed by atoms with van der Waals surface area (Å²) in [6, 6.07) is 7.00. The molecule has 1 saturated carbocycles. The number of carbonyl (C=O) groups excluding carboxylic acids is 1. The lowest BCUT2D eigenvalue weighted by atomic mass is 10.2. The molecule has 0 aliphatic heterocycles. The Morgan fingerprint density at radius 1 is 1.40 bits per heavy atom. The minimum atomic E-state index is -0.264. The van der Waals surface area contributed by atoms with Crippen molar-refractivity contribution in [3.63, 3.8) is 0 Å². The molecule has 1 aromatic carbocycles. The van der Waals surface area contributed by atoms with E-state index in [-0.39, 0.29) is 11.7 Å². The van der Waals surface area contributed by atoms with E-state index in [1.54, 1.807) is 18.2 Å². The molecule has 2 aromatic rings. The van der Waals surface area contributed by atoms with Crippen molar-refractivity contribution in [3.05, 3.63) is 41.2 Å². The lowest BCUT2D eigenvalue weighted by Gasteiger charge is -2.01. The average Bonchev–Trinajstić information content (AvgIpc) is 3.12. The maximum atomic E-state index is 13.7. The predicted molar refractivity (Wildman–Crippen MR) is 77.0 cm³/mol. The highest BCUT2D eigenvalue weighted by atomic mass is 32.1. The first-order valence-corrected chi connectivity index (χ1v) is 7.59. The van der Waals surface area contributed by atoms with Gasteiger partial charge in [0.25, 0.3) is 0 Å². The van der Waals surface area contributed by atoms with Crippen molar-refractivity contribution in [2.45, 2.75) is 31.7 Å². The number of carbonyl (C=O) groups is 1. The standard InChI is InChI=1S/C15H15FN2OS/c16-13-4-2-1-3-12(13)15-18-11(9-20-15)7-8-14(19)17-10-5-6-10/h1-4,9-10H,5-8H2,(H,17,19). The number of rotatable bonds is 5. The Morgan fingerprint density at radius 3 is 2.95 bits per heavy atom. The molecule has 0 unspecified atom stereocenters. The molecular formula is C15H15FN2OS. The third kappa shape index (κ3) is 3.22. The van der Waals surface area contributed by atoms with Crippen molar-refractivity contribution in [1.29, 1.82) is 0 Å². The molecule has 1 N–H and O–H groups in total. The topological polar surface area (TPSA) is 42.0 Å². The summed E-state index contributed by atoms with van der Waals surface area (Å²) in [5.74, 6) is -0.187. The summed E-state index contributed by atoms with van der Waals surface area (Å²) in [6.07, 6.45) is 3.24. The lowest BCUT2D eigenvalue weighted by Crippen LogP contribution is -2.25. The summed E-state index contributed by atoms with van der Waals surface area (Å²) in [6.45, 7) is 0. The highest BCUT2D eigenvalue weighted by Crippen LogP contribution is 2.26. The summed E-state index contributed by atoms with van der Waals surface area (Å²) in [5.41, 5.74) is 1.37. The first kappa shape index (κ1) is 13.2. The molecule has 0 spiro atoms. The number of nitrogens with one attached hydrogen (secondary N) is 1. The normalized spacial score (nSPS) is 14.2. The molecule has 0 radical (unpaired) electrons. The van der Waals surface area contributed by atoms with Crippen LogP contribution in [-0.4, -0.2) is 16.9 Å². The zero-order chi connectivity index (χ0) is 13.9. The van der Waals surface area contributed by atoms with E-state index in [4.69, 9.17) is 0 Å². The van der Waals surface area contributed by atoms with Crippen LogP contribution in [0.5, 0.6) is 0 Å². The van der Waals surface area contributed by atoms with E-state index in [1.807, 2.05) is 5.38 Å². The SMILES string of the molecule is O=C(CCc1csc(-c2ccccc2F)n1)NC1CC1. The fourth-order valence-electron chi connectivity index (χ4n) is 1.95. The Kier molecular flexibility index (Phi) is 3.78. The summed E-state index contributed by atoms with van der Waals surface area (Å²) in [4.78, 5) is 16.0. The van der Waals surface area contributed by atoms with Gasteiger partial charge in [0, 0.05) is 23.4 Å². The molecule has 3 nitrogen and oxygen atoms in total. The second-order valence-electron chi connectivity index (χ2n) is 4.97. The maximum Gasteiger partial charge on any atom is 0.220 e. The van der Waals surface area contributed by atoms with Crippen LogP contribution < -0.4 is 5.32 Å². The summed E-state index contributed by atoms with van der Waals surface area (Å²) in [7, 11) is 0. The first-order chi connectivity index (χ1) is 9.72. The third-order valence-electron chi connectivity index (χ3n) is 3.21. The number of benzene rings is 1. The zero-order valence-corrected chi connectivity index (χ0v) is 11.8. The van der Waals surface area contributed by atoms with Gasteiger partial charge < -0.3 is 5.32 Å². The van der Waals surface area contributed by atoms with Crippen LogP contribution >= 0.6 is 11.3 Å². The van der Waals surface area contributed by atoms with Gasteiger partial charge in [0.15, 0.2) is 0 Å². The number of hydrogen-bond acceptors (Lipinski definition) is 3. The number of aromatic nitrogens is 1. The van der Waals surface area contributed by atoms with Gasteiger partial charge in [-0.15, -0.1) is 11.3 Å². The highest BCUT2D eigenvalue weighted by Gasteiger charge is 2.23. The first-order valence-electron chi connectivity index (χ1n) is 6.71.